The summed E-state index contributed by atoms with van der Waals surface area (Å²) in [5.41, 5.74) is 2.67. The van der Waals surface area contributed by atoms with E-state index in [0.717, 1.165) is 27.8 Å². The van der Waals surface area contributed by atoms with Gasteiger partial charge < -0.3 is 9.15 Å². The molecule has 0 saturated heterocycles. The summed E-state index contributed by atoms with van der Waals surface area (Å²) in [5.74, 6) is 1.33. The minimum atomic E-state index is -0.288. The van der Waals surface area contributed by atoms with E-state index in [2.05, 4.69) is 15.2 Å². The Kier molecular flexibility index (Phi) is 5.02. The van der Waals surface area contributed by atoms with Gasteiger partial charge in [-0.3, -0.25) is 4.98 Å². The number of nitrogens with zero attached hydrogens (tertiary/aromatic N) is 3. The number of hydrogen-bond donors (Lipinski definition) is 0. The lowest BCUT2D eigenvalue weighted by Gasteiger charge is -2.05. The van der Waals surface area contributed by atoms with E-state index in [4.69, 9.17) is 9.15 Å². The van der Waals surface area contributed by atoms with E-state index in [-0.39, 0.29) is 12.4 Å². The Bertz CT molecular complexity index is 1080. The fourth-order valence-electron chi connectivity index (χ4n) is 2.68. The third-order valence-corrected chi connectivity index (χ3v) is 4.77. The van der Waals surface area contributed by atoms with Crippen molar-refractivity contribution < 1.29 is 13.5 Å². The molecule has 0 radical (unpaired) electrons. The summed E-state index contributed by atoms with van der Waals surface area (Å²) in [5, 5.41) is 9.19. The third-order valence-electron chi connectivity index (χ3n) is 3.90. The number of fused-ring (bicyclic) bond motifs is 1. The zero-order valence-corrected chi connectivity index (χ0v) is 15.4. The van der Waals surface area contributed by atoms with Crippen molar-refractivity contribution in [3.8, 4) is 5.75 Å². The number of hydrogen-bond acceptors (Lipinski definition) is 6. The van der Waals surface area contributed by atoms with E-state index in [9.17, 15) is 4.39 Å². The van der Waals surface area contributed by atoms with Crippen molar-refractivity contribution in [1.29, 1.82) is 0 Å². The first-order valence-corrected chi connectivity index (χ1v) is 9.34. The minimum absolute atomic E-state index is 0.196. The smallest absolute Gasteiger partial charge is 0.277 e. The lowest BCUT2D eigenvalue weighted by Crippen LogP contribution is -1.95. The zero-order valence-electron chi connectivity index (χ0n) is 14.6. The number of aryl methyl sites for hydroxylation is 1. The number of thioether (sulfide) groups is 1. The van der Waals surface area contributed by atoms with Crippen molar-refractivity contribution in [3.05, 3.63) is 77.6 Å². The minimum Gasteiger partial charge on any atom is -0.484 e. The van der Waals surface area contributed by atoms with Gasteiger partial charge in [-0.05, 0) is 48.4 Å². The highest BCUT2D eigenvalue weighted by molar-refractivity contribution is 7.98. The Hall–Kier alpha value is -2.93. The van der Waals surface area contributed by atoms with Crippen LogP contribution in [0.15, 0.2) is 64.4 Å². The van der Waals surface area contributed by atoms with Gasteiger partial charge in [0.25, 0.3) is 11.1 Å². The topological polar surface area (TPSA) is 61.0 Å². The fourth-order valence-corrected chi connectivity index (χ4v) is 3.43. The van der Waals surface area contributed by atoms with Gasteiger partial charge in [-0.25, -0.2) is 4.39 Å². The molecule has 0 fully saturated rings. The molecule has 0 aliphatic rings. The molecule has 7 heteroatoms. The lowest BCUT2D eigenvalue weighted by atomic mass is 10.1. The number of aromatic nitrogens is 3. The molecular weight excluding hydrogens is 365 g/mol. The Morgan fingerprint density at radius 1 is 1.11 bits per heavy atom. The summed E-state index contributed by atoms with van der Waals surface area (Å²) in [6.07, 6.45) is 1.70. The molecule has 0 saturated carbocycles. The largest absolute Gasteiger partial charge is 0.484 e. The van der Waals surface area contributed by atoms with E-state index >= 15 is 0 Å². The van der Waals surface area contributed by atoms with Crippen molar-refractivity contribution in [3.63, 3.8) is 0 Å². The Morgan fingerprint density at radius 2 is 2.04 bits per heavy atom. The zero-order chi connectivity index (χ0) is 18.6. The number of benzene rings is 2. The van der Waals surface area contributed by atoms with Crippen LogP contribution in [0.2, 0.25) is 0 Å². The van der Waals surface area contributed by atoms with Gasteiger partial charge in [-0.15, -0.1) is 10.2 Å². The Balaban J connectivity index is 1.41. The van der Waals surface area contributed by atoms with Crippen LogP contribution in [0.5, 0.6) is 5.75 Å². The summed E-state index contributed by atoms with van der Waals surface area (Å²) in [6, 6.07) is 14.3. The average molecular weight is 381 g/mol. The van der Waals surface area contributed by atoms with Crippen molar-refractivity contribution >= 4 is 22.7 Å². The Labute approximate surface area is 159 Å². The number of rotatable bonds is 6. The summed E-state index contributed by atoms with van der Waals surface area (Å²) in [7, 11) is 0. The monoisotopic (exact) mass is 381 g/mol. The molecule has 4 aromatic rings. The van der Waals surface area contributed by atoms with Gasteiger partial charge in [-0.2, -0.15) is 0 Å². The summed E-state index contributed by atoms with van der Waals surface area (Å²) < 4.78 is 25.1. The molecule has 0 amide bonds. The van der Waals surface area contributed by atoms with Crippen LogP contribution in [0.1, 0.15) is 17.0 Å². The molecule has 2 heterocycles. The summed E-state index contributed by atoms with van der Waals surface area (Å²) >= 11 is 1.34. The van der Waals surface area contributed by atoms with Crippen LogP contribution in [0.3, 0.4) is 0 Å². The molecule has 0 atom stereocenters. The van der Waals surface area contributed by atoms with Gasteiger partial charge >= 0.3 is 0 Å². The van der Waals surface area contributed by atoms with Crippen LogP contribution in [-0.4, -0.2) is 15.2 Å². The summed E-state index contributed by atoms with van der Waals surface area (Å²) in [6.45, 7) is 2.20. The highest BCUT2D eigenvalue weighted by Crippen LogP contribution is 2.27. The predicted octanol–water partition coefficient (Wildman–Crippen LogP) is 4.94. The standard InChI is InChI=1S/C20H16FN3O2S/c1-13-4-2-6-17(8-13)25-11-18-23-24-20(26-18)27-12-15-10-16(21)9-14-5-3-7-22-19(14)15/h2-10H,11-12H2,1H3. The first-order valence-electron chi connectivity index (χ1n) is 8.35. The van der Waals surface area contributed by atoms with Crippen LogP contribution < -0.4 is 4.74 Å². The molecule has 0 aliphatic carbocycles. The van der Waals surface area contributed by atoms with E-state index < -0.39 is 0 Å². The number of halogens is 1. The van der Waals surface area contributed by atoms with Gasteiger partial charge in [0.2, 0.25) is 0 Å². The van der Waals surface area contributed by atoms with E-state index in [1.54, 1.807) is 12.3 Å². The molecular formula is C20H16FN3O2S. The van der Waals surface area contributed by atoms with Gasteiger partial charge in [0.15, 0.2) is 6.61 Å². The maximum absolute atomic E-state index is 13.8. The first kappa shape index (κ1) is 17.5. The highest BCUT2D eigenvalue weighted by Gasteiger charge is 2.11. The maximum atomic E-state index is 13.8. The SMILES string of the molecule is Cc1cccc(OCc2nnc(SCc3cc(F)cc4cccnc34)o2)c1. The molecule has 2 aromatic carbocycles. The number of ether oxygens (including phenoxy) is 1. The van der Waals surface area contributed by atoms with Crippen LogP contribution in [0.4, 0.5) is 4.39 Å². The van der Waals surface area contributed by atoms with E-state index in [1.807, 2.05) is 37.3 Å². The third kappa shape index (κ3) is 4.25. The molecule has 27 heavy (non-hydrogen) atoms. The van der Waals surface area contributed by atoms with Crippen molar-refractivity contribution in [2.45, 2.75) is 24.5 Å². The molecule has 0 spiro atoms. The second-order valence-corrected chi connectivity index (χ2v) is 6.92. The molecule has 136 valence electrons. The van der Waals surface area contributed by atoms with Gasteiger partial charge in [-0.1, -0.05) is 30.0 Å². The van der Waals surface area contributed by atoms with E-state index in [0.29, 0.717) is 16.9 Å². The Morgan fingerprint density at radius 3 is 2.93 bits per heavy atom. The van der Waals surface area contributed by atoms with Crippen molar-refractivity contribution in [1.82, 2.24) is 15.2 Å². The molecule has 5 nitrogen and oxygen atoms in total. The number of pyridine rings is 1. The highest BCUT2D eigenvalue weighted by atomic mass is 32.2. The second-order valence-electron chi connectivity index (χ2n) is 6.00. The van der Waals surface area contributed by atoms with Gasteiger partial charge in [0.05, 0.1) is 5.52 Å². The van der Waals surface area contributed by atoms with Crippen molar-refractivity contribution in [2.75, 3.05) is 0 Å². The molecule has 0 unspecified atom stereocenters. The molecule has 0 bridgehead atoms. The second kappa shape index (κ2) is 7.75. The first-order chi connectivity index (χ1) is 13.2. The van der Waals surface area contributed by atoms with Crippen LogP contribution in [0.25, 0.3) is 10.9 Å². The fraction of sp³-hybridized carbons (Fsp3) is 0.150. The van der Waals surface area contributed by atoms with Gasteiger partial charge in [0.1, 0.15) is 11.6 Å². The van der Waals surface area contributed by atoms with Crippen LogP contribution in [-0.2, 0) is 12.4 Å². The normalized spacial score (nSPS) is 11.0. The average Bonchev–Trinajstić information content (AvgIpc) is 3.12. The molecule has 0 N–H and O–H groups in total. The van der Waals surface area contributed by atoms with Crippen molar-refractivity contribution in [2.24, 2.45) is 0 Å². The quantitative estimate of drug-likeness (QED) is 0.441. The van der Waals surface area contributed by atoms with Crippen LogP contribution >= 0.6 is 11.8 Å². The van der Waals surface area contributed by atoms with Crippen LogP contribution in [0, 0.1) is 12.7 Å². The predicted molar refractivity (Wildman–Crippen MR) is 101 cm³/mol. The van der Waals surface area contributed by atoms with Gasteiger partial charge in [0, 0.05) is 17.3 Å². The lowest BCUT2D eigenvalue weighted by molar-refractivity contribution is 0.252. The molecule has 4 rings (SSSR count). The summed E-state index contributed by atoms with van der Waals surface area (Å²) in [4.78, 5) is 4.34. The maximum Gasteiger partial charge on any atom is 0.277 e. The van der Waals surface area contributed by atoms with E-state index in [1.165, 1.54) is 23.9 Å². The molecule has 2 aromatic heterocycles. The molecule has 0 aliphatic heterocycles.